The monoisotopic (exact) mass is 379 g/mol. The molecule has 0 radical (unpaired) electrons. The summed E-state index contributed by atoms with van der Waals surface area (Å²) >= 11 is 0. The standard InChI is InChI=1S/C19H13F4NO3/c20-13-3-1-12(2-4-13)16-9-10-17(27-16)18(25)24-14-5-7-15(8-6-14)26-11-19(21,22)23/h1-10H,11H2,(H,24,25). The summed E-state index contributed by atoms with van der Waals surface area (Å²) in [4.78, 5) is 12.2. The molecule has 0 spiro atoms. The van der Waals surface area contributed by atoms with Gasteiger partial charge in [-0.2, -0.15) is 13.2 Å². The summed E-state index contributed by atoms with van der Waals surface area (Å²) in [5.74, 6) is -0.456. The van der Waals surface area contributed by atoms with Crippen LogP contribution in [0.2, 0.25) is 0 Å². The molecule has 0 saturated heterocycles. The molecule has 140 valence electrons. The molecule has 4 nitrogen and oxygen atoms in total. The molecule has 0 aliphatic heterocycles. The number of furan rings is 1. The molecular formula is C19H13F4NO3. The minimum absolute atomic E-state index is 0.0296. The third kappa shape index (κ3) is 5.10. The Labute approximate surface area is 151 Å². The SMILES string of the molecule is O=C(Nc1ccc(OCC(F)(F)F)cc1)c1ccc(-c2ccc(F)cc2)o1. The number of anilines is 1. The van der Waals surface area contributed by atoms with Crippen molar-refractivity contribution in [2.45, 2.75) is 6.18 Å². The van der Waals surface area contributed by atoms with E-state index in [1.54, 1.807) is 6.07 Å². The van der Waals surface area contributed by atoms with Gasteiger partial charge in [0.05, 0.1) is 0 Å². The molecule has 3 rings (SSSR count). The number of carbonyl (C=O) groups excluding carboxylic acids is 1. The third-order valence-corrected chi connectivity index (χ3v) is 3.47. The van der Waals surface area contributed by atoms with Crippen molar-refractivity contribution in [3.8, 4) is 17.1 Å². The minimum Gasteiger partial charge on any atom is -0.484 e. The normalized spacial score (nSPS) is 11.3. The van der Waals surface area contributed by atoms with E-state index in [1.165, 1.54) is 54.6 Å². The minimum atomic E-state index is -4.42. The first-order valence-electron chi connectivity index (χ1n) is 7.77. The molecule has 0 aliphatic carbocycles. The number of nitrogens with one attached hydrogen (secondary N) is 1. The van der Waals surface area contributed by atoms with Gasteiger partial charge >= 0.3 is 6.18 Å². The fraction of sp³-hybridized carbons (Fsp3) is 0.105. The van der Waals surface area contributed by atoms with Gasteiger partial charge in [0.2, 0.25) is 0 Å². The van der Waals surface area contributed by atoms with Gasteiger partial charge in [-0.05, 0) is 60.7 Å². The summed E-state index contributed by atoms with van der Waals surface area (Å²) in [5.41, 5.74) is 0.973. The molecule has 2 aromatic carbocycles. The van der Waals surface area contributed by atoms with Crippen molar-refractivity contribution in [2.24, 2.45) is 0 Å². The van der Waals surface area contributed by atoms with Crippen molar-refractivity contribution in [1.82, 2.24) is 0 Å². The molecule has 0 unspecified atom stereocenters. The van der Waals surface area contributed by atoms with Crippen LogP contribution in [0.4, 0.5) is 23.2 Å². The molecule has 1 heterocycles. The lowest BCUT2D eigenvalue weighted by Crippen LogP contribution is -2.19. The molecule has 0 fully saturated rings. The lowest BCUT2D eigenvalue weighted by molar-refractivity contribution is -0.153. The first-order valence-corrected chi connectivity index (χ1v) is 7.77. The van der Waals surface area contributed by atoms with Crippen LogP contribution >= 0.6 is 0 Å². The van der Waals surface area contributed by atoms with Crippen LogP contribution in [0.25, 0.3) is 11.3 Å². The van der Waals surface area contributed by atoms with Crippen molar-refractivity contribution in [2.75, 3.05) is 11.9 Å². The van der Waals surface area contributed by atoms with Gasteiger partial charge < -0.3 is 14.5 Å². The van der Waals surface area contributed by atoms with Crippen LogP contribution in [0.5, 0.6) is 5.75 Å². The highest BCUT2D eigenvalue weighted by Gasteiger charge is 2.28. The predicted octanol–water partition coefficient (Wildman–Crippen LogP) is 5.28. The van der Waals surface area contributed by atoms with E-state index < -0.39 is 18.7 Å². The summed E-state index contributed by atoms with van der Waals surface area (Å²) in [6, 6.07) is 14.1. The van der Waals surface area contributed by atoms with Gasteiger partial charge in [0.25, 0.3) is 5.91 Å². The van der Waals surface area contributed by atoms with Crippen molar-refractivity contribution in [3.05, 3.63) is 72.2 Å². The average molecular weight is 379 g/mol. The summed E-state index contributed by atoms with van der Waals surface area (Å²) in [6.07, 6.45) is -4.42. The van der Waals surface area contributed by atoms with Crippen molar-refractivity contribution < 1.29 is 31.5 Å². The van der Waals surface area contributed by atoms with E-state index in [2.05, 4.69) is 10.1 Å². The van der Waals surface area contributed by atoms with Crippen molar-refractivity contribution >= 4 is 11.6 Å². The first kappa shape index (κ1) is 18.5. The zero-order chi connectivity index (χ0) is 19.4. The highest BCUT2D eigenvalue weighted by atomic mass is 19.4. The van der Waals surface area contributed by atoms with Crippen LogP contribution in [0, 0.1) is 5.82 Å². The predicted molar refractivity (Wildman–Crippen MR) is 90.0 cm³/mol. The Bertz CT molecular complexity index is 915. The van der Waals surface area contributed by atoms with Gasteiger partial charge in [-0.3, -0.25) is 4.79 Å². The summed E-state index contributed by atoms with van der Waals surface area (Å²) in [7, 11) is 0. The fourth-order valence-electron chi connectivity index (χ4n) is 2.22. The summed E-state index contributed by atoms with van der Waals surface area (Å²) < 4.78 is 59.3. The van der Waals surface area contributed by atoms with Crippen LogP contribution in [0.3, 0.4) is 0 Å². The maximum atomic E-state index is 13.0. The van der Waals surface area contributed by atoms with Crippen molar-refractivity contribution in [1.29, 1.82) is 0 Å². The second-order valence-corrected chi connectivity index (χ2v) is 5.55. The molecule has 0 saturated carbocycles. The van der Waals surface area contributed by atoms with Gasteiger partial charge in [-0.15, -0.1) is 0 Å². The average Bonchev–Trinajstić information content (AvgIpc) is 3.11. The Morgan fingerprint density at radius 2 is 1.63 bits per heavy atom. The van der Waals surface area contributed by atoms with Gasteiger partial charge in [-0.25, -0.2) is 4.39 Å². The lowest BCUT2D eigenvalue weighted by Gasteiger charge is -2.09. The number of alkyl halides is 3. The molecular weight excluding hydrogens is 366 g/mol. The fourth-order valence-corrected chi connectivity index (χ4v) is 2.22. The molecule has 27 heavy (non-hydrogen) atoms. The molecule has 3 aromatic rings. The molecule has 1 aromatic heterocycles. The summed E-state index contributed by atoms with van der Waals surface area (Å²) in [6.45, 7) is -1.39. The maximum absolute atomic E-state index is 13.0. The quantitative estimate of drug-likeness (QED) is 0.614. The molecule has 1 N–H and O–H groups in total. The van der Waals surface area contributed by atoms with Gasteiger partial charge in [0.15, 0.2) is 12.4 Å². The zero-order valence-corrected chi connectivity index (χ0v) is 13.7. The van der Waals surface area contributed by atoms with E-state index in [1.807, 2.05) is 0 Å². The molecule has 0 atom stereocenters. The van der Waals surface area contributed by atoms with Crippen LogP contribution in [0.1, 0.15) is 10.6 Å². The second-order valence-electron chi connectivity index (χ2n) is 5.55. The number of carbonyl (C=O) groups is 1. The van der Waals surface area contributed by atoms with E-state index in [-0.39, 0.29) is 17.3 Å². The molecule has 0 aliphatic rings. The first-order chi connectivity index (χ1) is 12.8. The maximum Gasteiger partial charge on any atom is 0.422 e. The van der Waals surface area contributed by atoms with E-state index in [9.17, 15) is 22.4 Å². The van der Waals surface area contributed by atoms with Crippen LogP contribution in [0.15, 0.2) is 65.1 Å². The highest BCUT2D eigenvalue weighted by Crippen LogP contribution is 2.24. The van der Waals surface area contributed by atoms with Gasteiger partial charge in [-0.1, -0.05) is 0 Å². The summed E-state index contributed by atoms with van der Waals surface area (Å²) in [5, 5.41) is 2.56. The van der Waals surface area contributed by atoms with Crippen LogP contribution in [-0.4, -0.2) is 18.7 Å². The Hall–Kier alpha value is -3.29. The largest absolute Gasteiger partial charge is 0.484 e. The Kier molecular flexibility index (Phi) is 5.16. The molecule has 1 amide bonds. The van der Waals surface area contributed by atoms with Crippen LogP contribution < -0.4 is 10.1 Å². The molecule has 0 bridgehead atoms. The zero-order valence-electron chi connectivity index (χ0n) is 13.7. The number of rotatable bonds is 5. The number of ether oxygens (including phenoxy) is 1. The van der Waals surface area contributed by atoms with E-state index in [0.29, 0.717) is 17.0 Å². The highest BCUT2D eigenvalue weighted by molar-refractivity contribution is 6.02. The number of hydrogen-bond donors (Lipinski definition) is 1. The molecule has 8 heteroatoms. The Morgan fingerprint density at radius 3 is 2.26 bits per heavy atom. The van der Waals surface area contributed by atoms with Crippen molar-refractivity contribution in [3.63, 3.8) is 0 Å². The Morgan fingerprint density at radius 1 is 0.963 bits per heavy atom. The van der Waals surface area contributed by atoms with E-state index in [4.69, 9.17) is 4.42 Å². The topological polar surface area (TPSA) is 51.5 Å². The Balaban J connectivity index is 1.63. The van der Waals surface area contributed by atoms with Gasteiger partial charge in [0.1, 0.15) is 17.3 Å². The number of hydrogen-bond acceptors (Lipinski definition) is 3. The second kappa shape index (κ2) is 7.53. The lowest BCUT2D eigenvalue weighted by atomic mass is 10.2. The number of benzene rings is 2. The number of amides is 1. The smallest absolute Gasteiger partial charge is 0.422 e. The van der Waals surface area contributed by atoms with E-state index >= 15 is 0 Å². The van der Waals surface area contributed by atoms with E-state index in [0.717, 1.165) is 0 Å². The number of halogens is 4. The third-order valence-electron chi connectivity index (χ3n) is 3.47. The van der Waals surface area contributed by atoms with Gasteiger partial charge in [0, 0.05) is 11.3 Å². The van der Waals surface area contributed by atoms with Crippen LogP contribution in [-0.2, 0) is 0 Å².